The van der Waals surface area contributed by atoms with Gasteiger partial charge in [-0.15, -0.1) is 0 Å². The van der Waals surface area contributed by atoms with E-state index in [9.17, 15) is 5.11 Å². The van der Waals surface area contributed by atoms with Crippen LogP contribution in [0.5, 0.6) is 0 Å². The summed E-state index contributed by atoms with van der Waals surface area (Å²) in [6, 6.07) is 12.1. The fraction of sp³-hybridized carbons (Fsp3) is 0.500. The Labute approximate surface area is 150 Å². The average Bonchev–Trinajstić information content (AvgIpc) is 2.64. The van der Waals surface area contributed by atoms with E-state index in [0.29, 0.717) is 5.92 Å². The van der Waals surface area contributed by atoms with Crippen LogP contribution in [-0.4, -0.2) is 52.3 Å². The predicted molar refractivity (Wildman–Crippen MR) is 100 cm³/mol. The Balaban J connectivity index is 1.44. The lowest BCUT2D eigenvalue weighted by Gasteiger charge is -2.32. The summed E-state index contributed by atoms with van der Waals surface area (Å²) >= 11 is 0. The Hall–Kier alpha value is -1.82. The van der Waals surface area contributed by atoms with Gasteiger partial charge in [-0.2, -0.15) is 0 Å². The van der Waals surface area contributed by atoms with Crippen LogP contribution in [0, 0.1) is 5.92 Å². The summed E-state index contributed by atoms with van der Waals surface area (Å²) in [6.45, 7) is 6.62. The van der Waals surface area contributed by atoms with E-state index in [1.54, 1.807) is 0 Å². The Kier molecular flexibility index (Phi) is 6.50. The minimum atomic E-state index is -0.230. The third kappa shape index (κ3) is 5.59. The molecule has 0 saturated carbocycles. The van der Waals surface area contributed by atoms with E-state index >= 15 is 0 Å². The first-order valence-corrected chi connectivity index (χ1v) is 9.19. The van der Waals surface area contributed by atoms with Crippen molar-refractivity contribution < 1.29 is 5.11 Å². The van der Waals surface area contributed by atoms with Gasteiger partial charge in [0, 0.05) is 24.8 Å². The van der Waals surface area contributed by atoms with Gasteiger partial charge in [0.05, 0.1) is 11.8 Å². The molecule has 5 nitrogen and oxygen atoms in total. The van der Waals surface area contributed by atoms with Crippen LogP contribution in [0.1, 0.15) is 25.5 Å². The van der Waals surface area contributed by atoms with E-state index in [1.807, 2.05) is 49.5 Å². The number of aliphatic hydroxyl groups excluding tert-OH is 1. The first kappa shape index (κ1) is 18.0. The molecule has 3 rings (SSSR count). The molecule has 1 atom stereocenters. The van der Waals surface area contributed by atoms with Gasteiger partial charge in [-0.05, 0) is 51.4 Å². The van der Waals surface area contributed by atoms with Crippen LogP contribution in [0.2, 0.25) is 0 Å². The Bertz CT molecular complexity index is 639. The van der Waals surface area contributed by atoms with E-state index in [-0.39, 0.29) is 6.10 Å². The monoisotopic (exact) mass is 340 g/mol. The number of hydrogen-bond donors (Lipinski definition) is 2. The van der Waals surface area contributed by atoms with Crippen molar-refractivity contribution >= 4 is 0 Å². The molecule has 1 fully saturated rings. The highest BCUT2D eigenvalue weighted by molar-refractivity contribution is 5.54. The quantitative estimate of drug-likeness (QED) is 0.810. The number of hydrogen-bond acceptors (Lipinski definition) is 5. The van der Waals surface area contributed by atoms with Gasteiger partial charge >= 0.3 is 0 Å². The zero-order valence-electron chi connectivity index (χ0n) is 14.9. The topological polar surface area (TPSA) is 61.3 Å². The lowest BCUT2D eigenvalue weighted by Crippen LogP contribution is -2.40. The van der Waals surface area contributed by atoms with Crippen molar-refractivity contribution in [1.82, 2.24) is 20.2 Å². The van der Waals surface area contributed by atoms with Gasteiger partial charge in [0.15, 0.2) is 5.82 Å². The molecule has 0 unspecified atom stereocenters. The molecule has 1 aromatic carbocycles. The third-order valence-electron chi connectivity index (χ3n) is 4.71. The standard InChI is InChI=1S/C20H28N4O/c1-16(25)15-24-11-8-17(9-12-24)13-21-14-19-7-10-22-20(23-19)18-5-3-2-4-6-18/h2-7,10,16-17,21,25H,8-9,11-15H2,1H3/t16-/m0/s1. The lowest BCUT2D eigenvalue weighted by molar-refractivity contribution is 0.0998. The molecular formula is C20H28N4O. The molecule has 0 aliphatic carbocycles. The second kappa shape index (κ2) is 9.04. The smallest absolute Gasteiger partial charge is 0.159 e. The molecule has 0 bridgehead atoms. The zero-order chi connectivity index (χ0) is 17.5. The average molecular weight is 340 g/mol. The highest BCUT2D eigenvalue weighted by Gasteiger charge is 2.19. The number of piperidine rings is 1. The van der Waals surface area contributed by atoms with Gasteiger partial charge < -0.3 is 15.3 Å². The third-order valence-corrected chi connectivity index (χ3v) is 4.71. The van der Waals surface area contributed by atoms with Crippen LogP contribution >= 0.6 is 0 Å². The lowest BCUT2D eigenvalue weighted by atomic mass is 9.96. The Morgan fingerprint density at radius 1 is 1.20 bits per heavy atom. The largest absolute Gasteiger partial charge is 0.392 e. The van der Waals surface area contributed by atoms with Crippen molar-refractivity contribution in [3.05, 3.63) is 48.3 Å². The summed E-state index contributed by atoms with van der Waals surface area (Å²) in [6.07, 6.45) is 3.99. The minimum Gasteiger partial charge on any atom is -0.392 e. The molecule has 1 aliphatic heterocycles. The fourth-order valence-corrected chi connectivity index (χ4v) is 3.37. The maximum atomic E-state index is 9.48. The summed E-state index contributed by atoms with van der Waals surface area (Å²) in [7, 11) is 0. The SMILES string of the molecule is C[C@H](O)CN1CCC(CNCc2ccnc(-c3ccccc3)n2)CC1. The molecule has 134 valence electrons. The summed E-state index contributed by atoms with van der Waals surface area (Å²) in [5.41, 5.74) is 2.08. The molecule has 1 saturated heterocycles. The number of β-amino-alcohol motifs (C(OH)–C–C–N with tert-alkyl or cyclic N) is 1. The second-order valence-electron chi connectivity index (χ2n) is 6.96. The van der Waals surface area contributed by atoms with Crippen LogP contribution < -0.4 is 5.32 Å². The number of aromatic nitrogens is 2. The molecule has 2 aromatic rings. The Morgan fingerprint density at radius 3 is 2.68 bits per heavy atom. The van der Waals surface area contributed by atoms with E-state index in [0.717, 1.165) is 49.8 Å². The van der Waals surface area contributed by atoms with Gasteiger partial charge in [0.2, 0.25) is 0 Å². The van der Waals surface area contributed by atoms with Gasteiger partial charge in [0.1, 0.15) is 0 Å². The molecule has 25 heavy (non-hydrogen) atoms. The first-order valence-electron chi connectivity index (χ1n) is 9.19. The van der Waals surface area contributed by atoms with Gasteiger partial charge in [-0.1, -0.05) is 30.3 Å². The maximum absolute atomic E-state index is 9.48. The molecule has 2 heterocycles. The number of likely N-dealkylation sites (tertiary alicyclic amines) is 1. The molecule has 2 N–H and O–H groups in total. The van der Waals surface area contributed by atoms with E-state index in [2.05, 4.69) is 20.2 Å². The first-order chi connectivity index (χ1) is 12.2. The summed E-state index contributed by atoms with van der Waals surface area (Å²) in [4.78, 5) is 11.4. The van der Waals surface area contributed by atoms with Crippen molar-refractivity contribution in [2.45, 2.75) is 32.4 Å². The van der Waals surface area contributed by atoms with Crippen LogP contribution in [0.4, 0.5) is 0 Å². The van der Waals surface area contributed by atoms with Gasteiger partial charge in [-0.25, -0.2) is 9.97 Å². The van der Waals surface area contributed by atoms with Crippen LogP contribution in [0.3, 0.4) is 0 Å². The van der Waals surface area contributed by atoms with Crippen LogP contribution in [0.25, 0.3) is 11.4 Å². The van der Waals surface area contributed by atoms with Gasteiger partial charge in [-0.3, -0.25) is 0 Å². The molecule has 1 aliphatic rings. The number of nitrogens with zero attached hydrogens (tertiary/aromatic N) is 3. The van der Waals surface area contributed by atoms with Crippen molar-refractivity contribution in [1.29, 1.82) is 0 Å². The molecular weight excluding hydrogens is 312 g/mol. The molecule has 5 heteroatoms. The highest BCUT2D eigenvalue weighted by atomic mass is 16.3. The molecule has 1 aromatic heterocycles. The molecule has 0 amide bonds. The van der Waals surface area contributed by atoms with Crippen LogP contribution in [0.15, 0.2) is 42.6 Å². The van der Waals surface area contributed by atoms with Crippen molar-refractivity contribution in [3.8, 4) is 11.4 Å². The normalized spacial score (nSPS) is 17.5. The van der Waals surface area contributed by atoms with E-state index in [4.69, 9.17) is 0 Å². The maximum Gasteiger partial charge on any atom is 0.159 e. The minimum absolute atomic E-state index is 0.230. The number of aliphatic hydroxyl groups is 1. The zero-order valence-corrected chi connectivity index (χ0v) is 14.9. The van der Waals surface area contributed by atoms with Gasteiger partial charge in [0.25, 0.3) is 0 Å². The molecule has 0 radical (unpaired) electrons. The van der Waals surface area contributed by atoms with Crippen LogP contribution in [-0.2, 0) is 6.54 Å². The van der Waals surface area contributed by atoms with Crippen molar-refractivity contribution in [3.63, 3.8) is 0 Å². The van der Waals surface area contributed by atoms with E-state index in [1.165, 1.54) is 12.8 Å². The highest BCUT2D eigenvalue weighted by Crippen LogP contribution is 2.17. The summed E-state index contributed by atoms with van der Waals surface area (Å²) < 4.78 is 0. The fourth-order valence-electron chi connectivity index (χ4n) is 3.37. The summed E-state index contributed by atoms with van der Waals surface area (Å²) in [5, 5.41) is 13.0. The number of rotatable bonds is 7. The van der Waals surface area contributed by atoms with Crippen molar-refractivity contribution in [2.75, 3.05) is 26.2 Å². The summed E-state index contributed by atoms with van der Waals surface area (Å²) in [5.74, 6) is 1.49. The number of benzene rings is 1. The number of nitrogens with one attached hydrogen (secondary N) is 1. The molecule has 0 spiro atoms. The Morgan fingerprint density at radius 2 is 1.96 bits per heavy atom. The second-order valence-corrected chi connectivity index (χ2v) is 6.96. The van der Waals surface area contributed by atoms with Crippen molar-refractivity contribution in [2.24, 2.45) is 5.92 Å². The predicted octanol–water partition coefficient (Wildman–Crippen LogP) is 2.33. The van der Waals surface area contributed by atoms with E-state index < -0.39 is 0 Å².